The molecular formula is C33H26N10S2. The van der Waals surface area contributed by atoms with Crippen LogP contribution in [-0.4, -0.2) is 29.9 Å². The van der Waals surface area contributed by atoms with Gasteiger partial charge in [-0.2, -0.15) is 5.26 Å². The zero-order valence-electron chi connectivity index (χ0n) is 24.7. The fraction of sp³-hybridized carbons (Fsp3) is 0.152. The number of aromatic nitrogens is 6. The van der Waals surface area contributed by atoms with Crippen molar-refractivity contribution < 1.29 is 0 Å². The number of azo groups is 1. The number of nitrogens with zero attached hydrogens (tertiary/aromatic N) is 10. The number of rotatable bonds is 8. The maximum atomic E-state index is 9.72. The van der Waals surface area contributed by atoms with Crippen LogP contribution in [0, 0.1) is 18.3 Å². The Morgan fingerprint density at radius 3 is 2.16 bits per heavy atom. The van der Waals surface area contributed by atoms with Crippen molar-refractivity contribution in [2.24, 2.45) is 10.2 Å². The molecule has 4 aromatic heterocycles. The van der Waals surface area contributed by atoms with E-state index in [9.17, 15) is 5.26 Å². The van der Waals surface area contributed by atoms with E-state index in [1.165, 1.54) is 28.0 Å². The van der Waals surface area contributed by atoms with Gasteiger partial charge in [0.1, 0.15) is 11.6 Å². The summed E-state index contributed by atoms with van der Waals surface area (Å²) in [4.78, 5) is 11.7. The van der Waals surface area contributed by atoms with Gasteiger partial charge in [-0.15, -0.1) is 25.5 Å². The zero-order chi connectivity index (χ0) is 30.9. The van der Waals surface area contributed by atoms with E-state index in [1.54, 1.807) is 28.3 Å². The first-order valence-corrected chi connectivity index (χ1v) is 16.1. The van der Waals surface area contributed by atoms with Crippen LogP contribution < -0.4 is 4.90 Å². The summed E-state index contributed by atoms with van der Waals surface area (Å²) in [5.41, 5.74) is 6.81. The topological polar surface area (TPSA) is 121 Å². The molecule has 3 aromatic carbocycles. The summed E-state index contributed by atoms with van der Waals surface area (Å²) >= 11 is 3.10. The van der Waals surface area contributed by atoms with Gasteiger partial charge in [-0.05, 0) is 67.3 Å². The highest BCUT2D eigenvalue weighted by atomic mass is 32.1. The molecule has 7 aromatic rings. The lowest BCUT2D eigenvalue weighted by atomic mass is 9.99. The lowest BCUT2D eigenvalue weighted by molar-refractivity contribution is 0.866. The molecule has 0 saturated carbocycles. The van der Waals surface area contributed by atoms with E-state index in [-0.39, 0.29) is 17.2 Å². The van der Waals surface area contributed by atoms with Gasteiger partial charge in [-0.3, -0.25) is 4.90 Å². The van der Waals surface area contributed by atoms with Crippen LogP contribution in [-0.2, 0) is 12.8 Å². The van der Waals surface area contributed by atoms with E-state index in [1.807, 2.05) is 48.5 Å². The summed E-state index contributed by atoms with van der Waals surface area (Å²) in [6, 6.07) is 26.2. The molecule has 0 amide bonds. The maximum absolute atomic E-state index is 9.72. The summed E-state index contributed by atoms with van der Waals surface area (Å²) < 4.78 is 3.68. The fourth-order valence-corrected chi connectivity index (χ4v) is 7.06. The van der Waals surface area contributed by atoms with Crippen LogP contribution in [0.3, 0.4) is 0 Å². The molecule has 0 aliphatic carbocycles. The van der Waals surface area contributed by atoms with Crippen molar-refractivity contribution in [2.75, 3.05) is 4.90 Å². The molecule has 0 N–H and O–H groups in total. The Balaban J connectivity index is 1.24. The van der Waals surface area contributed by atoms with Gasteiger partial charge in [-0.1, -0.05) is 78.5 Å². The first-order valence-electron chi connectivity index (χ1n) is 14.4. The fourth-order valence-electron chi connectivity index (χ4n) is 5.19. The first-order chi connectivity index (χ1) is 22.0. The molecule has 0 saturated heterocycles. The van der Waals surface area contributed by atoms with E-state index in [0.29, 0.717) is 10.9 Å². The van der Waals surface area contributed by atoms with E-state index in [0.717, 1.165) is 44.1 Å². The Hall–Kier alpha value is -5.38. The number of hydrogen-bond acceptors (Lipinski definition) is 11. The number of nitriles is 1. The molecule has 12 heteroatoms. The number of hydrogen-bond donors (Lipinski definition) is 0. The third kappa shape index (κ3) is 5.43. The number of fused-ring (bicyclic) bond motifs is 2. The van der Waals surface area contributed by atoms with Gasteiger partial charge in [-0.25, -0.2) is 14.6 Å². The monoisotopic (exact) mass is 626 g/mol. The van der Waals surface area contributed by atoms with Gasteiger partial charge in [0, 0.05) is 0 Å². The Labute approximate surface area is 267 Å². The molecule has 0 radical (unpaired) electrons. The standard InChI is InChI=1S/C33H26N10S2/c1-4-21-16-20(3)17-22(5-2)30(21)43(33-36-25-11-7-9-13-27(25)45-33)29-15-14-28(37-39-29)38-40-31-23(18-34)19-42(41-31)32-35-24-10-6-8-12-26(24)44-32/h6-17,19H,4-5H2,1-3H3. The van der Waals surface area contributed by atoms with Crippen LogP contribution in [0.4, 0.5) is 28.3 Å². The smallest absolute Gasteiger partial charge is 0.214 e. The Morgan fingerprint density at radius 1 is 0.844 bits per heavy atom. The van der Waals surface area contributed by atoms with Crippen molar-refractivity contribution in [2.45, 2.75) is 33.6 Å². The predicted molar refractivity (Wildman–Crippen MR) is 179 cm³/mol. The Bertz CT molecular complexity index is 2150. The lowest BCUT2D eigenvalue weighted by Crippen LogP contribution is -2.16. The highest BCUT2D eigenvalue weighted by molar-refractivity contribution is 7.22. The summed E-state index contributed by atoms with van der Waals surface area (Å²) in [7, 11) is 0. The van der Waals surface area contributed by atoms with Crippen molar-refractivity contribution in [3.63, 3.8) is 0 Å². The van der Waals surface area contributed by atoms with Gasteiger partial charge in [0.15, 0.2) is 16.8 Å². The van der Waals surface area contributed by atoms with Crippen LogP contribution in [0.1, 0.15) is 36.1 Å². The normalized spacial score (nSPS) is 11.5. The maximum Gasteiger partial charge on any atom is 0.214 e. The molecule has 0 atom stereocenters. The van der Waals surface area contributed by atoms with Gasteiger partial charge in [0.25, 0.3) is 0 Å². The van der Waals surface area contributed by atoms with Crippen molar-refractivity contribution in [3.05, 3.63) is 101 Å². The van der Waals surface area contributed by atoms with Crippen molar-refractivity contribution in [1.29, 1.82) is 5.26 Å². The summed E-state index contributed by atoms with van der Waals surface area (Å²) in [6.07, 6.45) is 3.32. The quantitative estimate of drug-likeness (QED) is 0.154. The van der Waals surface area contributed by atoms with Crippen molar-refractivity contribution in [3.8, 4) is 11.2 Å². The Kier molecular flexibility index (Phi) is 7.54. The second kappa shape index (κ2) is 12.0. The largest absolute Gasteiger partial charge is 0.268 e. The molecule has 45 heavy (non-hydrogen) atoms. The SMILES string of the molecule is CCc1cc(C)cc(CC)c1N(c1ccc(N=Nc2nn(-c3nc4ccccc4s3)cc2C#N)nn1)c1nc2ccccc2s1. The van der Waals surface area contributed by atoms with Crippen LogP contribution in [0.2, 0.25) is 0 Å². The van der Waals surface area contributed by atoms with Crippen LogP contribution in [0.25, 0.3) is 25.6 Å². The molecule has 7 rings (SSSR count). The van der Waals surface area contributed by atoms with Gasteiger partial charge >= 0.3 is 0 Å². The first kappa shape index (κ1) is 28.4. The number of aryl methyl sites for hydroxylation is 3. The van der Waals surface area contributed by atoms with E-state index >= 15 is 0 Å². The number of thiazole rings is 2. The van der Waals surface area contributed by atoms with Crippen molar-refractivity contribution in [1.82, 2.24) is 29.9 Å². The van der Waals surface area contributed by atoms with Gasteiger partial charge < -0.3 is 0 Å². The number of anilines is 3. The Morgan fingerprint density at radius 2 is 1.53 bits per heavy atom. The van der Waals surface area contributed by atoms with E-state index in [4.69, 9.17) is 4.98 Å². The lowest BCUT2D eigenvalue weighted by Gasteiger charge is -2.26. The van der Waals surface area contributed by atoms with E-state index in [2.05, 4.69) is 80.4 Å². The highest BCUT2D eigenvalue weighted by Crippen LogP contribution is 2.42. The van der Waals surface area contributed by atoms with E-state index < -0.39 is 0 Å². The molecule has 0 fully saturated rings. The minimum atomic E-state index is 0.179. The third-order valence-electron chi connectivity index (χ3n) is 7.28. The average Bonchev–Trinajstić information content (AvgIpc) is 3.81. The molecule has 10 nitrogen and oxygen atoms in total. The molecule has 0 aliphatic rings. The second-order valence-corrected chi connectivity index (χ2v) is 12.3. The molecule has 0 bridgehead atoms. The van der Waals surface area contributed by atoms with Crippen LogP contribution in [0.15, 0.2) is 89.2 Å². The molecule has 0 aliphatic heterocycles. The predicted octanol–water partition coefficient (Wildman–Crippen LogP) is 9.07. The number of para-hydroxylation sites is 2. The van der Waals surface area contributed by atoms with Crippen LogP contribution in [0.5, 0.6) is 0 Å². The third-order valence-corrected chi connectivity index (χ3v) is 9.33. The van der Waals surface area contributed by atoms with Crippen molar-refractivity contribution >= 4 is 71.4 Å². The molecule has 0 unspecified atom stereocenters. The minimum Gasteiger partial charge on any atom is -0.268 e. The number of benzene rings is 3. The highest BCUT2D eigenvalue weighted by Gasteiger charge is 2.24. The summed E-state index contributed by atoms with van der Waals surface area (Å²) in [5, 5.41) is 33.2. The zero-order valence-corrected chi connectivity index (χ0v) is 26.3. The van der Waals surface area contributed by atoms with Gasteiger partial charge in [0.05, 0.1) is 32.3 Å². The molecule has 220 valence electrons. The van der Waals surface area contributed by atoms with Gasteiger partial charge in [0.2, 0.25) is 10.9 Å². The minimum absolute atomic E-state index is 0.179. The summed E-state index contributed by atoms with van der Waals surface area (Å²) in [5.74, 6) is 1.09. The van der Waals surface area contributed by atoms with Crippen LogP contribution >= 0.6 is 22.7 Å². The summed E-state index contributed by atoms with van der Waals surface area (Å²) in [6.45, 7) is 6.46. The second-order valence-electron chi connectivity index (χ2n) is 10.3. The average molecular weight is 627 g/mol. The molecule has 0 spiro atoms. The molecule has 4 heterocycles. The molecular weight excluding hydrogens is 601 g/mol.